The maximum absolute atomic E-state index is 15.7. The van der Waals surface area contributed by atoms with E-state index in [4.69, 9.17) is 11.5 Å². The zero-order valence-electron chi connectivity index (χ0n) is 60.9. The summed E-state index contributed by atoms with van der Waals surface area (Å²) in [5.74, 6) is -8.99. The van der Waals surface area contributed by atoms with E-state index < -0.39 is 157 Å². The summed E-state index contributed by atoms with van der Waals surface area (Å²) in [4.78, 5) is 161. The number of hydrogen-bond donors (Lipinski definition) is 16. The number of unbranched alkanes of at least 4 members (excludes halogenated alkanes) is 1. The molecule has 4 aliphatic carbocycles. The van der Waals surface area contributed by atoms with E-state index in [0.717, 1.165) is 43.2 Å². The lowest BCUT2D eigenvalue weighted by Gasteiger charge is -2.34. The maximum atomic E-state index is 15.7. The number of thioether (sulfide) groups is 2. The fourth-order valence-electron chi connectivity index (χ4n) is 18.0. The average molecular weight is 1520 g/mol. The molecule has 10 rings (SSSR count). The number of benzene rings is 1. The van der Waals surface area contributed by atoms with Crippen molar-refractivity contribution in [2.24, 2.45) is 52.9 Å². The first-order chi connectivity index (χ1) is 51.0. The van der Waals surface area contributed by atoms with Gasteiger partial charge >= 0.3 is 5.97 Å². The van der Waals surface area contributed by atoms with Crippen LogP contribution in [0.3, 0.4) is 0 Å². The van der Waals surface area contributed by atoms with Crippen molar-refractivity contribution in [2.45, 2.75) is 257 Å². The van der Waals surface area contributed by atoms with Crippen LogP contribution in [0.2, 0.25) is 0 Å². The molecule has 0 aromatic heterocycles. The highest BCUT2D eigenvalue weighted by Gasteiger charge is 2.49. The number of aliphatic hydroxyl groups is 1. The number of nitrogens with two attached hydrogens (primary N) is 2. The molecule has 106 heavy (non-hydrogen) atoms. The molecule has 8 fully saturated rings. The number of aliphatic hydroxyl groups excluding tert-OH is 1. The second-order valence-corrected chi connectivity index (χ2v) is 33.6. The van der Waals surface area contributed by atoms with E-state index in [1.165, 1.54) is 28.4 Å². The standard InChI is InChI=1S/C74H115F2N15O13S2/c75-48-14-18-54-52(28-48)45(32-80-54)25-57-69(99)86-58(26-46-33-81-55-19-15-49(76)29-53(46)55)70(100)88-60(31-66(95)96)72(102)87-59(30-50-34-79-40-83-50)71(101)89-61(24-41-12-16-51(92)17-13-41)74(104)91-36-47(44-9-2-1-3-10-44)27-63(91)73(103)90-62(67(78)97)39-106-38-43-8-6-7-42(23-43)37-105-22-20-64(93)84-56(11-4-5-21-77)68(98)82-35-65(94)85-57/h6-8,23,41,44-63,79-81,83,92H,1-5,9-22,24-40,77H2,(H2,78,97)(H,82,98)(H,84,93)(H,85,94)(H,86,99)(H,87,102)(H,88,100)(H,89,101)(H,90,103)(H,95,96)/t41?,45?,46?,47-,48?,49?,50?,51?,52?,53?,54?,55?,56+,57+,58+,59+,60+,61+,62+,63+/m1/s1. The number of carboxylic acids is 1. The van der Waals surface area contributed by atoms with Gasteiger partial charge in [-0.1, -0.05) is 56.4 Å². The number of carboxylic acid groups (broad SMARTS) is 1. The number of aliphatic carboxylic acids is 1. The van der Waals surface area contributed by atoms with Crippen molar-refractivity contribution in [3.8, 4) is 0 Å². The molecule has 2 bridgehead atoms. The van der Waals surface area contributed by atoms with Crippen molar-refractivity contribution in [1.82, 2.24) is 68.7 Å². The minimum Gasteiger partial charge on any atom is -0.481 e. The number of rotatable bonds is 16. The average Bonchev–Trinajstić information content (AvgIpc) is 1.66. The molecule has 18 atom stereocenters. The first-order valence-electron chi connectivity index (χ1n) is 39.0. The van der Waals surface area contributed by atoms with E-state index in [1.807, 2.05) is 24.3 Å². The van der Waals surface area contributed by atoms with E-state index in [9.17, 15) is 39.0 Å². The number of carbonyl (C=O) groups is 11. The fourth-order valence-corrected chi connectivity index (χ4v) is 19.9. The first-order valence-corrected chi connectivity index (χ1v) is 41.4. The highest BCUT2D eigenvalue weighted by Crippen LogP contribution is 2.42. The third kappa shape index (κ3) is 23.9. The van der Waals surface area contributed by atoms with Gasteiger partial charge in [0.25, 0.3) is 0 Å². The lowest BCUT2D eigenvalue weighted by Crippen LogP contribution is -2.61. The summed E-state index contributed by atoms with van der Waals surface area (Å²) in [6.07, 6.45) is 6.43. The fraction of sp³-hybridized carbons (Fsp3) is 0.770. The Bertz CT molecular complexity index is 3190. The van der Waals surface area contributed by atoms with E-state index in [1.54, 1.807) is 0 Å². The Labute approximate surface area is 628 Å². The van der Waals surface area contributed by atoms with Crippen LogP contribution in [0.25, 0.3) is 0 Å². The molecule has 9 unspecified atom stereocenters. The molecule has 32 heteroatoms. The lowest BCUT2D eigenvalue weighted by atomic mass is 9.76. The van der Waals surface area contributed by atoms with Crippen LogP contribution >= 0.6 is 23.5 Å². The number of amides is 10. The monoisotopic (exact) mass is 1520 g/mol. The van der Waals surface area contributed by atoms with Gasteiger partial charge in [0.05, 0.1) is 19.1 Å². The van der Waals surface area contributed by atoms with Crippen LogP contribution in [0.1, 0.15) is 172 Å². The quantitative estimate of drug-likeness (QED) is 0.103. The number of alkyl halides is 2. The van der Waals surface area contributed by atoms with Crippen molar-refractivity contribution in [3.63, 3.8) is 0 Å². The van der Waals surface area contributed by atoms with Crippen LogP contribution in [0.4, 0.5) is 8.78 Å². The zero-order chi connectivity index (χ0) is 75.4. The molecule has 4 saturated heterocycles. The number of primary amides is 1. The minimum absolute atomic E-state index is 0.0400. The van der Waals surface area contributed by atoms with Gasteiger partial charge < -0.3 is 90.4 Å². The van der Waals surface area contributed by atoms with Gasteiger partial charge in [0.1, 0.15) is 60.7 Å². The third-order valence-electron chi connectivity index (χ3n) is 23.8. The summed E-state index contributed by atoms with van der Waals surface area (Å²) in [5, 5.41) is 56.8. The van der Waals surface area contributed by atoms with Crippen LogP contribution < -0.4 is 75.3 Å². The molecule has 5 aliphatic heterocycles. The van der Waals surface area contributed by atoms with Crippen LogP contribution in [0.15, 0.2) is 24.3 Å². The summed E-state index contributed by atoms with van der Waals surface area (Å²) in [5.41, 5.74) is 13.8. The van der Waals surface area contributed by atoms with Crippen LogP contribution in [-0.2, 0) is 64.2 Å². The van der Waals surface area contributed by atoms with Crippen molar-refractivity contribution >= 4 is 88.6 Å². The number of fused-ring (bicyclic) bond motifs is 5. The smallest absolute Gasteiger partial charge is 0.305 e. The number of nitrogens with zero attached hydrogens (tertiary/aromatic N) is 1. The van der Waals surface area contributed by atoms with Gasteiger partial charge in [-0.3, -0.25) is 52.7 Å². The molecule has 5 heterocycles. The number of carbonyl (C=O) groups excluding carboxylic acids is 10. The Kier molecular flexibility index (Phi) is 31.3. The Morgan fingerprint density at radius 2 is 1.18 bits per heavy atom. The highest BCUT2D eigenvalue weighted by molar-refractivity contribution is 7.98. The minimum atomic E-state index is -1.90. The second kappa shape index (κ2) is 40.4. The van der Waals surface area contributed by atoms with Crippen molar-refractivity contribution in [3.05, 3.63) is 35.4 Å². The predicted octanol–water partition coefficient (Wildman–Crippen LogP) is 1.04. The SMILES string of the molecule is NCCCC[C@@H]1NC(=O)CCSCc2cccc(c2)CSC[C@@H](C(N)=O)NC(=O)[C@@H]2C[C@@H](C3CCCCC3)CN2C(=O)[C@H](CC2CCC(O)CC2)NC(=O)[C@H](CC2CNCN2)NC(=O)[C@H](CC(=O)O)NC(=O)[C@H](CC2CNC3CCC(F)CC23)NC(=O)[C@H](CC2CNC3CCC(F)CC23)NC(=O)CNC1=O. The summed E-state index contributed by atoms with van der Waals surface area (Å²) in [6, 6.07) is -3.72. The van der Waals surface area contributed by atoms with E-state index in [2.05, 4.69) is 63.8 Å². The highest BCUT2D eigenvalue weighted by atomic mass is 32.2. The summed E-state index contributed by atoms with van der Waals surface area (Å²) >= 11 is 2.89. The summed E-state index contributed by atoms with van der Waals surface area (Å²) in [7, 11) is 0. The normalized spacial score (nSPS) is 35.3. The molecule has 0 spiro atoms. The van der Waals surface area contributed by atoms with Gasteiger partial charge in [0.2, 0.25) is 59.1 Å². The Balaban J connectivity index is 0.968. The molecule has 590 valence electrons. The van der Waals surface area contributed by atoms with Crippen LogP contribution in [-0.4, -0.2) is 223 Å². The van der Waals surface area contributed by atoms with Crippen LogP contribution in [0.5, 0.6) is 0 Å². The van der Waals surface area contributed by atoms with Crippen LogP contribution in [0, 0.1) is 41.4 Å². The lowest BCUT2D eigenvalue weighted by molar-refractivity contribution is -0.143. The topological polar surface area (TPSA) is 428 Å². The largest absolute Gasteiger partial charge is 0.481 e. The number of halogens is 2. The predicted molar refractivity (Wildman–Crippen MR) is 396 cm³/mol. The molecule has 4 saturated carbocycles. The summed E-state index contributed by atoms with van der Waals surface area (Å²) < 4.78 is 30.6. The van der Waals surface area contributed by atoms with Gasteiger partial charge in [-0.15, -0.1) is 0 Å². The first kappa shape index (κ1) is 82.2. The molecule has 18 N–H and O–H groups in total. The van der Waals surface area contributed by atoms with Gasteiger partial charge in [0.15, 0.2) is 0 Å². The molecule has 1 aromatic rings. The molecule has 28 nitrogen and oxygen atoms in total. The second-order valence-electron chi connectivity index (χ2n) is 31.4. The zero-order valence-corrected chi connectivity index (χ0v) is 62.6. The molecule has 1 aromatic carbocycles. The van der Waals surface area contributed by atoms with E-state index >= 15 is 32.8 Å². The number of hydrogen-bond acceptors (Lipinski definition) is 19. The van der Waals surface area contributed by atoms with E-state index in [0.29, 0.717) is 114 Å². The van der Waals surface area contributed by atoms with Crippen molar-refractivity contribution in [1.29, 1.82) is 0 Å². The molecular formula is C74H115F2N15O13S2. The van der Waals surface area contributed by atoms with Gasteiger partial charge in [-0.05, 0) is 188 Å². The molecular weight excluding hydrogens is 1410 g/mol. The summed E-state index contributed by atoms with van der Waals surface area (Å²) in [6.45, 7) is 1.24. The maximum Gasteiger partial charge on any atom is 0.305 e. The molecule has 0 radical (unpaired) electrons. The Morgan fingerprint density at radius 3 is 1.79 bits per heavy atom. The number of nitrogens with one attached hydrogen (secondary N) is 12. The van der Waals surface area contributed by atoms with E-state index in [-0.39, 0.29) is 118 Å². The van der Waals surface area contributed by atoms with Gasteiger partial charge in [0, 0.05) is 67.3 Å². The molecule has 9 aliphatic rings. The third-order valence-corrected chi connectivity index (χ3v) is 25.9. The van der Waals surface area contributed by atoms with Gasteiger partial charge in [-0.25, -0.2) is 8.78 Å². The Morgan fingerprint density at radius 1 is 0.585 bits per heavy atom. The molecule has 10 amide bonds. The Hall–Kier alpha value is -6.29. The van der Waals surface area contributed by atoms with Crippen molar-refractivity contribution in [2.75, 3.05) is 57.4 Å². The van der Waals surface area contributed by atoms with Crippen molar-refractivity contribution < 1.29 is 71.7 Å². The van der Waals surface area contributed by atoms with Gasteiger partial charge in [-0.2, -0.15) is 23.5 Å².